The summed E-state index contributed by atoms with van der Waals surface area (Å²) in [5, 5.41) is 11.3. The molecule has 2 nitrogen and oxygen atoms in total. The molecule has 0 aromatic heterocycles. The molecule has 1 fully saturated rings. The molecule has 0 spiro atoms. The van der Waals surface area contributed by atoms with Crippen molar-refractivity contribution in [2.75, 3.05) is 6.61 Å². The number of ether oxygens (including phenoxy) is 1. The summed E-state index contributed by atoms with van der Waals surface area (Å²) in [5.41, 5.74) is 1.63. The minimum absolute atomic E-state index is 0.688. The zero-order valence-electron chi connectivity index (χ0n) is 13.4. The van der Waals surface area contributed by atoms with Crippen LogP contribution in [0.4, 0.5) is 0 Å². The molecule has 0 bridgehead atoms. The smallest absolute Gasteiger partial charge is 0.128 e. The lowest BCUT2D eigenvalue weighted by Gasteiger charge is -2.32. The first kappa shape index (κ1) is 14.9. The van der Waals surface area contributed by atoms with E-state index < -0.39 is 5.60 Å². The molecular formula is C19H28O2. The molecule has 1 aromatic rings. The molecule has 1 aliphatic heterocycles. The summed E-state index contributed by atoms with van der Waals surface area (Å²) >= 11 is 0. The van der Waals surface area contributed by atoms with Crippen molar-refractivity contribution in [2.24, 2.45) is 11.8 Å². The lowest BCUT2D eigenvalue weighted by molar-refractivity contribution is 0.0158. The van der Waals surface area contributed by atoms with Gasteiger partial charge in [0.1, 0.15) is 5.75 Å². The van der Waals surface area contributed by atoms with Gasteiger partial charge in [-0.2, -0.15) is 0 Å². The van der Waals surface area contributed by atoms with E-state index in [0.29, 0.717) is 5.92 Å². The van der Waals surface area contributed by atoms with Crippen molar-refractivity contribution in [3.8, 4) is 5.75 Å². The van der Waals surface area contributed by atoms with Gasteiger partial charge in [0.05, 0.1) is 12.2 Å². The maximum absolute atomic E-state index is 11.3. The van der Waals surface area contributed by atoms with Crippen LogP contribution in [0.15, 0.2) is 18.2 Å². The molecule has 0 saturated heterocycles. The molecule has 21 heavy (non-hydrogen) atoms. The zero-order valence-corrected chi connectivity index (χ0v) is 13.4. The molecule has 116 valence electrons. The molecule has 1 N–H and O–H groups in total. The third-order valence-electron chi connectivity index (χ3n) is 5.47. The van der Waals surface area contributed by atoms with Gasteiger partial charge < -0.3 is 9.84 Å². The maximum atomic E-state index is 11.3. The Labute approximate surface area is 128 Å². The van der Waals surface area contributed by atoms with Gasteiger partial charge in [0.2, 0.25) is 0 Å². The SMILES string of the molecule is CC(C)C1CCCC(O)(c2cccc3c2OCCC3)CC1. The predicted octanol–water partition coefficient (Wildman–Crippen LogP) is 4.44. The lowest BCUT2D eigenvalue weighted by atomic mass is 9.83. The van der Waals surface area contributed by atoms with Gasteiger partial charge >= 0.3 is 0 Å². The standard InChI is InChI=1S/C19H28O2/c1-14(2)15-7-4-11-19(20,12-10-15)17-9-3-6-16-8-5-13-21-18(16)17/h3,6,9,14-15,20H,4-5,7-8,10-13H2,1-2H3. The van der Waals surface area contributed by atoms with E-state index in [-0.39, 0.29) is 0 Å². The van der Waals surface area contributed by atoms with Crippen molar-refractivity contribution in [1.29, 1.82) is 0 Å². The maximum Gasteiger partial charge on any atom is 0.128 e. The number of hydrogen-bond donors (Lipinski definition) is 1. The van der Waals surface area contributed by atoms with E-state index in [1.807, 2.05) is 0 Å². The highest BCUT2D eigenvalue weighted by atomic mass is 16.5. The van der Waals surface area contributed by atoms with Crippen molar-refractivity contribution >= 4 is 0 Å². The number of hydrogen-bond acceptors (Lipinski definition) is 2. The van der Waals surface area contributed by atoms with Crippen molar-refractivity contribution in [2.45, 2.75) is 64.4 Å². The van der Waals surface area contributed by atoms with Gasteiger partial charge in [-0.25, -0.2) is 0 Å². The van der Waals surface area contributed by atoms with Crippen LogP contribution in [0, 0.1) is 11.8 Å². The minimum Gasteiger partial charge on any atom is -0.493 e. The van der Waals surface area contributed by atoms with E-state index in [2.05, 4.69) is 32.0 Å². The summed E-state index contributed by atoms with van der Waals surface area (Å²) in [6.45, 7) is 5.40. The van der Waals surface area contributed by atoms with Crippen molar-refractivity contribution in [1.82, 2.24) is 0 Å². The Hall–Kier alpha value is -1.02. The van der Waals surface area contributed by atoms with E-state index in [4.69, 9.17) is 4.74 Å². The van der Waals surface area contributed by atoms with E-state index in [0.717, 1.165) is 62.4 Å². The number of aliphatic hydroxyl groups is 1. The summed E-state index contributed by atoms with van der Waals surface area (Å²) in [4.78, 5) is 0. The highest BCUT2D eigenvalue weighted by Gasteiger charge is 2.36. The Morgan fingerprint density at radius 3 is 2.86 bits per heavy atom. The van der Waals surface area contributed by atoms with Crippen LogP contribution >= 0.6 is 0 Å². The minimum atomic E-state index is -0.688. The van der Waals surface area contributed by atoms with Gasteiger partial charge in [-0.3, -0.25) is 0 Å². The third kappa shape index (κ3) is 2.96. The van der Waals surface area contributed by atoms with Crippen molar-refractivity contribution in [3.05, 3.63) is 29.3 Å². The van der Waals surface area contributed by atoms with Crippen LogP contribution in [0.1, 0.15) is 63.5 Å². The highest BCUT2D eigenvalue weighted by molar-refractivity contribution is 5.46. The normalized spacial score (nSPS) is 29.6. The summed E-state index contributed by atoms with van der Waals surface area (Å²) in [6.07, 6.45) is 7.39. The first-order valence-electron chi connectivity index (χ1n) is 8.58. The first-order valence-corrected chi connectivity index (χ1v) is 8.58. The van der Waals surface area contributed by atoms with Gasteiger partial charge in [0, 0.05) is 5.56 Å². The molecule has 2 aliphatic rings. The molecular weight excluding hydrogens is 260 g/mol. The summed E-state index contributed by atoms with van der Waals surface area (Å²) in [6, 6.07) is 6.32. The molecule has 2 heteroatoms. The van der Waals surface area contributed by atoms with E-state index >= 15 is 0 Å². The summed E-state index contributed by atoms with van der Waals surface area (Å²) in [7, 11) is 0. The molecule has 1 saturated carbocycles. The van der Waals surface area contributed by atoms with Crippen molar-refractivity contribution < 1.29 is 9.84 Å². The molecule has 2 atom stereocenters. The van der Waals surface area contributed by atoms with Crippen LogP contribution < -0.4 is 4.74 Å². The van der Waals surface area contributed by atoms with Crippen LogP contribution in [0.2, 0.25) is 0 Å². The Balaban J connectivity index is 1.88. The number of aryl methyl sites for hydroxylation is 1. The topological polar surface area (TPSA) is 29.5 Å². The quantitative estimate of drug-likeness (QED) is 0.815. The fourth-order valence-corrected chi connectivity index (χ4v) is 4.04. The average Bonchev–Trinajstić information content (AvgIpc) is 2.69. The second kappa shape index (κ2) is 6.00. The second-order valence-electron chi connectivity index (χ2n) is 7.21. The Morgan fingerprint density at radius 1 is 1.19 bits per heavy atom. The largest absolute Gasteiger partial charge is 0.493 e. The fourth-order valence-electron chi connectivity index (χ4n) is 4.04. The molecule has 1 aliphatic carbocycles. The Bertz CT molecular complexity index is 494. The zero-order chi connectivity index (χ0) is 14.9. The van der Waals surface area contributed by atoms with Gasteiger partial charge in [0.15, 0.2) is 0 Å². The average molecular weight is 288 g/mol. The lowest BCUT2D eigenvalue weighted by Crippen LogP contribution is -2.27. The number of fused-ring (bicyclic) bond motifs is 1. The van der Waals surface area contributed by atoms with Crippen LogP contribution in [-0.2, 0) is 12.0 Å². The number of rotatable bonds is 2. The predicted molar refractivity (Wildman–Crippen MR) is 85.6 cm³/mol. The second-order valence-corrected chi connectivity index (χ2v) is 7.21. The number of benzene rings is 1. The molecule has 2 unspecified atom stereocenters. The molecule has 0 amide bonds. The van der Waals surface area contributed by atoms with Crippen LogP contribution in [0.3, 0.4) is 0 Å². The Morgan fingerprint density at radius 2 is 2.05 bits per heavy atom. The van der Waals surface area contributed by atoms with Gasteiger partial charge in [-0.15, -0.1) is 0 Å². The molecule has 0 radical (unpaired) electrons. The number of para-hydroxylation sites is 1. The van der Waals surface area contributed by atoms with Crippen LogP contribution in [-0.4, -0.2) is 11.7 Å². The van der Waals surface area contributed by atoms with Crippen LogP contribution in [0.25, 0.3) is 0 Å². The fraction of sp³-hybridized carbons (Fsp3) is 0.684. The molecule has 3 rings (SSSR count). The third-order valence-corrected chi connectivity index (χ3v) is 5.47. The van der Waals surface area contributed by atoms with Crippen molar-refractivity contribution in [3.63, 3.8) is 0 Å². The molecule has 1 aromatic carbocycles. The van der Waals surface area contributed by atoms with E-state index in [1.54, 1.807) is 0 Å². The summed E-state index contributed by atoms with van der Waals surface area (Å²) < 4.78 is 5.93. The monoisotopic (exact) mass is 288 g/mol. The first-order chi connectivity index (χ1) is 10.1. The van der Waals surface area contributed by atoms with Crippen LogP contribution in [0.5, 0.6) is 5.75 Å². The van der Waals surface area contributed by atoms with Gasteiger partial charge in [-0.1, -0.05) is 38.5 Å². The molecule has 1 heterocycles. The highest BCUT2D eigenvalue weighted by Crippen LogP contribution is 2.44. The van der Waals surface area contributed by atoms with Gasteiger partial charge in [-0.05, 0) is 55.9 Å². The summed E-state index contributed by atoms with van der Waals surface area (Å²) in [5.74, 6) is 2.45. The van der Waals surface area contributed by atoms with Gasteiger partial charge in [0.25, 0.3) is 0 Å². The Kier molecular flexibility index (Phi) is 4.26. The van der Waals surface area contributed by atoms with E-state index in [1.165, 1.54) is 12.0 Å². The van der Waals surface area contributed by atoms with E-state index in [9.17, 15) is 5.11 Å².